The summed E-state index contributed by atoms with van der Waals surface area (Å²) in [4.78, 5) is 25.3. The summed E-state index contributed by atoms with van der Waals surface area (Å²) in [5.41, 5.74) is 4.20. The minimum absolute atomic E-state index is 0.0480. The quantitative estimate of drug-likeness (QED) is 0.486. The lowest BCUT2D eigenvalue weighted by molar-refractivity contribution is 0.102. The molecule has 1 aliphatic rings. The van der Waals surface area contributed by atoms with Crippen LogP contribution in [-0.2, 0) is 10.0 Å². The van der Waals surface area contributed by atoms with E-state index in [1.165, 1.54) is 0 Å². The Labute approximate surface area is 175 Å². The molecular formula is C23H20N2O4S. The Morgan fingerprint density at radius 3 is 2.17 bits per heavy atom. The average molecular weight is 420 g/mol. The Bertz CT molecular complexity index is 1250. The normalized spacial score (nSPS) is 12.2. The van der Waals surface area contributed by atoms with Gasteiger partial charge < -0.3 is 5.32 Å². The molecule has 0 radical (unpaired) electrons. The Morgan fingerprint density at radius 2 is 1.47 bits per heavy atom. The van der Waals surface area contributed by atoms with E-state index in [4.69, 9.17) is 0 Å². The van der Waals surface area contributed by atoms with E-state index in [0.717, 1.165) is 11.1 Å². The molecule has 1 amide bonds. The van der Waals surface area contributed by atoms with Gasteiger partial charge in [-0.1, -0.05) is 37.3 Å². The summed E-state index contributed by atoms with van der Waals surface area (Å²) in [5, 5.41) is 2.77. The van der Waals surface area contributed by atoms with Crippen molar-refractivity contribution in [2.75, 3.05) is 15.8 Å². The lowest BCUT2D eigenvalue weighted by Crippen LogP contribution is -2.16. The van der Waals surface area contributed by atoms with E-state index in [9.17, 15) is 18.0 Å². The summed E-state index contributed by atoms with van der Waals surface area (Å²) in [6.45, 7) is 1.79. The Morgan fingerprint density at radius 1 is 0.833 bits per heavy atom. The third-order valence-corrected chi connectivity index (χ3v) is 6.37. The van der Waals surface area contributed by atoms with Crippen LogP contribution < -0.4 is 10.0 Å². The van der Waals surface area contributed by atoms with Crippen LogP contribution in [0.4, 0.5) is 11.4 Å². The van der Waals surface area contributed by atoms with Crippen molar-refractivity contribution in [3.8, 4) is 11.1 Å². The van der Waals surface area contributed by atoms with Gasteiger partial charge in [0.2, 0.25) is 10.0 Å². The first-order valence-corrected chi connectivity index (χ1v) is 11.2. The smallest absolute Gasteiger partial charge is 0.255 e. The van der Waals surface area contributed by atoms with E-state index in [1.54, 1.807) is 55.5 Å². The van der Waals surface area contributed by atoms with Crippen LogP contribution in [0.1, 0.15) is 39.6 Å². The zero-order chi connectivity index (χ0) is 21.3. The van der Waals surface area contributed by atoms with E-state index in [-0.39, 0.29) is 17.4 Å². The highest BCUT2D eigenvalue weighted by Gasteiger charge is 2.27. The monoisotopic (exact) mass is 420 g/mol. The molecule has 4 rings (SSSR count). The fourth-order valence-electron chi connectivity index (χ4n) is 3.49. The number of carbonyl (C=O) groups is 2. The molecule has 3 aromatic rings. The average Bonchev–Trinajstić information content (AvgIpc) is 3.01. The summed E-state index contributed by atoms with van der Waals surface area (Å²) in [6, 6.07) is 18.9. The van der Waals surface area contributed by atoms with Gasteiger partial charge >= 0.3 is 0 Å². The summed E-state index contributed by atoms with van der Waals surface area (Å²) >= 11 is 0. The Kier molecular flexibility index (Phi) is 5.13. The molecule has 0 bridgehead atoms. The second-order valence-electron chi connectivity index (χ2n) is 7.09. The molecule has 0 aliphatic heterocycles. The molecule has 0 spiro atoms. The van der Waals surface area contributed by atoms with Gasteiger partial charge in [-0.15, -0.1) is 0 Å². The molecule has 1 aliphatic carbocycles. The predicted octanol–water partition coefficient (Wildman–Crippen LogP) is 4.30. The van der Waals surface area contributed by atoms with Crippen molar-refractivity contribution in [3.05, 3.63) is 83.4 Å². The number of fused-ring (bicyclic) bond motifs is 3. The van der Waals surface area contributed by atoms with Crippen LogP contribution in [0.3, 0.4) is 0 Å². The number of anilines is 2. The summed E-state index contributed by atoms with van der Waals surface area (Å²) in [6.07, 6.45) is 0.526. The third-order valence-electron chi connectivity index (χ3n) is 4.88. The SMILES string of the molecule is CCCS(=O)(=O)Nc1ccc(NC(=O)c2ccc3c(c2)C(=O)c2ccccc2-3)cc1. The van der Waals surface area contributed by atoms with E-state index >= 15 is 0 Å². The lowest BCUT2D eigenvalue weighted by atomic mass is 10.0. The van der Waals surface area contributed by atoms with Gasteiger partial charge in [0.1, 0.15) is 0 Å². The molecule has 0 heterocycles. The van der Waals surface area contributed by atoms with Crippen LogP contribution in [0, 0.1) is 0 Å². The number of hydrogen-bond donors (Lipinski definition) is 2. The van der Waals surface area contributed by atoms with Gasteiger partial charge in [0, 0.05) is 28.1 Å². The molecule has 30 heavy (non-hydrogen) atoms. The second kappa shape index (κ2) is 7.76. The Balaban J connectivity index is 1.50. The second-order valence-corrected chi connectivity index (χ2v) is 8.93. The van der Waals surface area contributed by atoms with Crippen LogP contribution in [0.25, 0.3) is 11.1 Å². The van der Waals surface area contributed by atoms with Crippen molar-refractivity contribution in [3.63, 3.8) is 0 Å². The predicted molar refractivity (Wildman–Crippen MR) is 117 cm³/mol. The molecule has 0 saturated carbocycles. The maximum atomic E-state index is 12.7. The highest BCUT2D eigenvalue weighted by Crippen LogP contribution is 2.36. The van der Waals surface area contributed by atoms with Gasteiger partial charge in [0.15, 0.2) is 5.78 Å². The first-order valence-electron chi connectivity index (χ1n) is 9.58. The zero-order valence-corrected chi connectivity index (χ0v) is 17.1. The van der Waals surface area contributed by atoms with Gasteiger partial charge in [-0.2, -0.15) is 0 Å². The third kappa shape index (κ3) is 3.84. The number of sulfonamides is 1. The van der Waals surface area contributed by atoms with Crippen LogP contribution in [0.2, 0.25) is 0 Å². The van der Waals surface area contributed by atoms with Gasteiger partial charge in [0.05, 0.1) is 5.75 Å². The lowest BCUT2D eigenvalue weighted by Gasteiger charge is -2.09. The van der Waals surface area contributed by atoms with E-state index < -0.39 is 10.0 Å². The molecule has 7 heteroatoms. The van der Waals surface area contributed by atoms with Crippen molar-refractivity contribution < 1.29 is 18.0 Å². The fourth-order valence-corrected chi connectivity index (χ4v) is 4.63. The largest absolute Gasteiger partial charge is 0.322 e. The van der Waals surface area contributed by atoms with E-state index in [2.05, 4.69) is 10.0 Å². The van der Waals surface area contributed by atoms with Crippen molar-refractivity contribution in [1.29, 1.82) is 0 Å². The number of carbonyl (C=O) groups excluding carboxylic acids is 2. The van der Waals surface area contributed by atoms with Gasteiger partial charge in [-0.05, 0) is 53.9 Å². The fraction of sp³-hybridized carbons (Fsp3) is 0.130. The first-order chi connectivity index (χ1) is 14.4. The molecule has 0 unspecified atom stereocenters. The van der Waals surface area contributed by atoms with Gasteiger partial charge in [0.25, 0.3) is 5.91 Å². The summed E-state index contributed by atoms with van der Waals surface area (Å²) < 4.78 is 26.2. The number of benzene rings is 3. The molecule has 0 saturated heterocycles. The van der Waals surface area contributed by atoms with Crippen LogP contribution in [-0.4, -0.2) is 25.9 Å². The number of nitrogens with one attached hydrogen (secondary N) is 2. The van der Waals surface area contributed by atoms with Gasteiger partial charge in [-0.3, -0.25) is 14.3 Å². The maximum absolute atomic E-state index is 12.7. The number of amides is 1. The number of rotatable bonds is 6. The highest BCUT2D eigenvalue weighted by molar-refractivity contribution is 7.92. The van der Waals surface area contributed by atoms with Crippen LogP contribution in [0.5, 0.6) is 0 Å². The highest BCUT2D eigenvalue weighted by atomic mass is 32.2. The molecule has 3 aromatic carbocycles. The number of ketones is 1. The standard InChI is InChI=1S/C23H20N2O4S/c1-2-13-30(28,29)25-17-10-8-16(9-11-17)24-23(27)15-7-12-19-18-5-3-4-6-20(18)22(26)21(19)14-15/h3-12,14,25H,2,13H2,1H3,(H,24,27). The minimum atomic E-state index is -3.37. The van der Waals surface area contributed by atoms with E-state index in [1.807, 2.05) is 18.2 Å². The zero-order valence-electron chi connectivity index (χ0n) is 16.3. The summed E-state index contributed by atoms with van der Waals surface area (Å²) in [7, 11) is -3.37. The van der Waals surface area contributed by atoms with Crippen molar-refractivity contribution in [2.24, 2.45) is 0 Å². The number of hydrogen-bond acceptors (Lipinski definition) is 4. The molecule has 0 fully saturated rings. The van der Waals surface area contributed by atoms with Crippen LogP contribution >= 0.6 is 0 Å². The van der Waals surface area contributed by atoms with Gasteiger partial charge in [-0.25, -0.2) is 8.42 Å². The topological polar surface area (TPSA) is 92.3 Å². The van der Waals surface area contributed by atoms with Crippen molar-refractivity contribution in [2.45, 2.75) is 13.3 Å². The van der Waals surface area contributed by atoms with Crippen molar-refractivity contribution >= 4 is 33.1 Å². The minimum Gasteiger partial charge on any atom is -0.322 e. The van der Waals surface area contributed by atoms with E-state index in [0.29, 0.717) is 34.5 Å². The molecule has 0 aromatic heterocycles. The maximum Gasteiger partial charge on any atom is 0.255 e. The molecule has 0 atom stereocenters. The first kappa shape index (κ1) is 19.8. The molecular weight excluding hydrogens is 400 g/mol. The molecule has 2 N–H and O–H groups in total. The summed E-state index contributed by atoms with van der Waals surface area (Å²) in [5.74, 6) is -0.383. The molecule has 6 nitrogen and oxygen atoms in total. The van der Waals surface area contributed by atoms with Crippen LogP contribution in [0.15, 0.2) is 66.7 Å². The van der Waals surface area contributed by atoms with Crippen molar-refractivity contribution in [1.82, 2.24) is 0 Å². The Hall–Kier alpha value is -3.45. The molecule has 152 valence electrons.